The van der Waals surface area contributed by atoms with Gasteiger partial charge in [-0.25, -0.2) is 4.79 Å². The molecule has 0 aromatic heterocycles. The molecule has 160 valence electrons. The third kappa shape index (κ3) is 7.21. The highest BCUT2D eigenvalue weighted by Crippen LogP contribution is 2.21. The van der Waals surface area contributed by atoms with Gasteiger partial charge in [0.05, 0.1) is 0 Å². The number of benzene rings is 2. The van der Waals surface area contributed by atoms with Gasteiger partial charge in [-0.15, -0.1) is 0 Å². The fourth-order valence-electron chi connectivity index (χ4n) is 3.87. The van der Waals surface area contributed by atoms with E-state index in [2.05, 4.69) is 22.8 Å². The van der Waals surface area contributed by atoms with Crippen molar-refractivity contribution in [1.29, 1.82) is 0 Å². The highest BCUT2D eigenvalue weighted by molar-refractivity contribution is 5.89. The molecule has 0 spiro atoms. The van der Waals surface area contributed by atoms with Crippen LogP contribution in [0.1, 0.15) is 43.2 Å². The van der Waals surface area contributed by atoms with E-state index in [1.165, 1.54) is 11.1 Å². The first-order chi connectivity index (χ1) is 14.6. The summed E-state index contributed by atoms with van der Waals surface area (Å²) in [6, 6.07) is 18.1. The Bertz CT molecular complexity index is 797. The molecule has 1 fully saturated rings. The Morgan fingerprint density at radius 3 is 2.40 bits per heavy atom. The number of amides is 3. The van der Waals surface area contributed by atoms with Crippen LogP contribution in [0.15, 0.2) is 54.6 Å². The number of hydrogen-bond donors (Lipinski definition) is 2. The second-order valence-corrected chi connectivity index (χ2v) is 8.20. The standard InChI is InChI=1S/C25H33N3O2/c1-20-10-12-23(13-11-20)27-25(30)28-18-15-22(16-19-28)14-17-26-24(29)9-5-8-21-6-3-2-4-7-21/h2-4,6-7,10-13,22H,5,8-9,14-19H2,1H3,(H,26,29)(H,27,30). The summed E-state index contributed by atoms with van der Waals surface area (Å²) in [4.78, 5) is 26.3. The van der Waals surface area contributed by atoms with E-state index >= 15 is 0 Å². The summed E-state index contributed by atoms with van der Waals surface area (Å²) < 4.78 is 0. The van der Waals surface area contributed by atoms with E-state index in [-0.39, 0.29) is 11.9 Å². The molecule has 0 atom stereocenters. The summed E-state index contributed by atoms with van der Waals surface area (Å²) in [6.07, 6.45) is 5.36. The van der Waals surface area contributed by atoms with Crippen LogP contribution < -0.4 is 10.6 Å². The third-order valence-electron chi connectivity index (χ3n) is 5.79. The smallest absolute Gasteiger partial charge is 0.321 e. The molecule has 1 saturated heterocycles. The fourth-order valence-corrected chi connectivity index (χ4v) is 3.87. The van der Waals surface area contributed by atoms with Gasteiger partial charge in [-0.3, -0.25) is 4.79 Å². The average Bonchev–Trinajstić information content (AvgIpc) is 2.76. The number of nitrogens with one attached hydrogen (secondary N) is 2. The Balaban J connectivity index is 1.27. The third-order valence-corrected chi connectivity index (χ3v) is 5.79. The van der Waals surface area contributed by atoms with Crippen LogP contribution in [-0.2, 0) is 11.2 Å². The Kier molecular flexibility index (Phi) is 8.30. The number of urea groups is 1. The van der Waals surface area contributed by atoms with Gasteiger partial charge in [0.25, 0.3) is 0 Å². The lowest BCUT2D eigenvalue weighted by Gasteiger charge is -2.32. The van der Waals surface area contributed by atoms with Crippen molar-refractivity contribution in [3.63, 3.8) is 0 Å². The van der Waals surface area contributed by atoms with Crippen molar-refractivity contribution in [2.45, 2.75) is 45.4 Å². The molecule has 3 rings (SSSR count). The van der Waals surface area contributed by atoms with Crippen molar-refractivity contribution in [2.75, 3.05) is 25.0 Å². The number of nitrogens with zero attached hydrogens (tertiary/aromatic N) is 1. The lowest BCUT2D eigenvalue weighted by molar-refractivity contribution is -0.121. The lowest BCUT2D eigenvalue weighted by atomic mass is 9.93. The van der Waals surface area contributed by atoms with E-state index in [1.807, 2.05) is 54.3 Å². The minimum atomic E-state index is -0.0241. The SMILES string of the molecule is Cc1ccc(NC(=O)N2CCC(CCNC(=O)CCCc3ccccc3)CC2)cc1. The molecule has 2 N–H and O–H groups in total. The summed E-state index contributed by atoms with van der Waals surface area (Å²) in [7, 11) is 0. The Morgan fingerprint density at radius 2 is 1.70 bits per heavy atom. The number of hydrogen-bond acceptors (Lipinski definition) is 2. The van der Waals surface area contributed by atoms with Gasteiger partial charge in [-0.05, 0) is 62.6 Å². The number of likely N-dealkylation sites (tertiary alicyclic amines) is 1. The van der Waals surface area contributed by atoms with E-state index in [1.54, 1.807) is 0 Å². The molecule has 0 unspecified atom stereocenters. The molecule has 1 aliphatic heterocycles. The van der Waals surface area contributed by atoms with Gasteiger partial charge in [0.2, 0.25) is 5.91 Å². The fraction of sp³-hybridized carbons (Fsp3) is 0.440. The zero-order valence-electron chi connectivity index (χ0n) is 17.9. The Hall–Kier alpha value is -2.82. The lowest BCUT2D eigenvalue weighted by Crippen LogP contribution is -2.41. The van der Waals surface area contributed by atoms with Gasteiger partial charge < -0.3 is 15.5 Å². The largest absolute Gasteiger partial charge is 0.356 e. The van der Waals surface area contributed by atoms with Crippen LogP contribution in [-0.4, -0.2) is 36.5 Å². The van der Waals surface area contributed by atoms with Gasteiger partial charge in [-0.2, -0.15) is 0 Å². The maximum Gasteiger partial charge on any atom is 0.321 e. The van der Waals surface area contributed by atoms with E-state index in [0.717, 1.165) is 57.4 Å². The Labute approximate surface area is 179 Å². The summed E-state index contributed by atoms with van der Waals surface area (Å²) in [5.74, 6) is 0.707. The molecule has 0 aliphatic carbocycles. The highest BCUT2D eigenvalue weighted by atomic mass is 16.2. The maximum atomic E-state index is 12.4. The molecule has 0 bridgehead atoms. The first-order valence-electron chi connectivity index (χ1n) is 11.0. The molecular weight excluding hydrogens is 374 g/mol. The molecule has 5 heteroatoms. The van der Waals surface area contributed by atoms with Crippen molar-refractivity contribution in [2.24, 2.45) is 5.92 Å². The van der Waals surface area contributed by atoms with E-state index < -0.39 is 0 Å². The van der Waals surface area contributed by atoms with Crippen LogP contribution in [0.3, 0.4) is 0 Å². The molecule has 0 saturated carbocycles. The quantitative estimate of drug-likeness (QED) is 0.662. The van der Waals surface area contributed by atoms with Gasteiger partial charge in [0.15, 0.2) is 0 Å². The molecule has 5 nitrogen and oxygen atoms in total. The zero-order valence-corrected chi connectivity index (χ0v) is 17.9. The number of aryl methyl sites for hydroxylation is 2. The summed E-state index contributed by atoms with van der Waals surface area (Å²) >= 11 is 0. The predicted octanol–water partition coefficient (Wildman–Crippen LogP) is 4.77. The number of carbonyl (C=O) groups excluding carboxylic acids is 2. The first kappa shape index (κ1) is 21.9. The normalized spacial score (nSPS) is 14.4. The van der Waals surface area contributed by atoms with Crippen molar-refractivity contribution in [3.05, 3.63) is 65.7 Å². The van der Waals surface area contributed by atoms with E-state index in [0.29, 0.717) is 12.3 Å². The second kappa shape index (κ2) is 11.4. The molecule has 1 aliphatic rings. The average molecular weight is 408 g/mol. The van der Waals surface area contributed by atoms with Gasteiger partial charge in [0, 0.05) is 31.7 Å². The predicted molar refractivity (Wildman–Crippen MR) is 122 cm³/mol. The van der Waals surface area contributed by atoms with Crippen LogP contribution in [0, 0.1) is 12.8 Å². The monoisotopic (exact) mass is 407 g/mol. The molecule has 30 heavy (non-hydrogen) atoms. The number of carbonyl (C=O) groups is 2. The minimum Gasteiger partial charge on any atom is -0.356 e. The van der Waals surface area contributed by atoms with Crippen LogP contribution in [0.2, 0.25) is 0 Å². The minimum absolute atomic E-state index is 0.0241. The molecule has 0 radical (unpaired) electrons. The summed E-state index contributed by atoms with van der Waals surface area (Å²) in [6.45, 7) is 4.30. The van der Waals surface area contributed by atoms with Crippen LogP contribution >= 0.6 is 0 Å². The zero-order chi connectivity index (χ0) is 21.2. The Morgan fingerprint density at radius 1 is 1.00 bits per heavy atom. The second-order valence-electron chi connectivity index (χ2n) is 8.20. The van der Waals surface area contributed by atoms with Crippen molar-refractivity contribution >= 4 is 17.6 Å². The van der Waals surface area contributed by atoms with E-state index in [9.17, 15) is 9.59 Å². The number of anilines is 1. The topological polar surface area (TPSA) is 61.4 Å². The summed E-state index contributed by atoms with van der Waals surface area (Å²) in [5.41, 5.74) is 3.29. The molecule has 2 aromatic carbocycles. The molecule has 1 heterocycles. The van der Waals surface area contributed by atoms with Crippen LogP contribution in [0.5, 0.6) is 0 Å². The number of piperidine rings is 1. The highest BCUT2D eigenvalue weighted by Gasteiger charge is 2.22. The molecule has 3 amide bonds. The van der Waals surface area contributed by atoms with Gasteiger partial charge in [-0.1, -0.05) is 48.0 Å². The molecular formula is C25H33N3O2. The van der Waals surface area contributed by atoms with Crippen LogP contribution in [0.4, 0.5) is 10.5 Å². The first-order valence-corrected chi connectivity index (χ1v) is 11.0. The van der Waals surface area contributed by atoms with Crippen molar-refractivity contribution in [1.82, 2.24) is 10.2 Å². The van der Waals surface area contributed by atoms with Crippen molar-refractivity contribution in [3.8, 4) is 0 Å². The maximum absolute atomic E-state index is 12.4. The number of rotatable bonds is 8. The van der Waals surface area contributed by atoms with Crippen molar-refractivity contribution < 1.29 is 9.59 Å². The summed E-state index contributed by atoms with van der Waals surface area (Å²) in [5, 5.41) is 6.03. The van der Waals surface area contributed by atoms with Gasteiger partial charge >= 0.3 is 6.03 Å². The van der Waals surface area contributed by atoms with E-state index in [4.69, 9.17) is 0 Å². The van der Waals surface area contributed by atoms with Crippen LogP contribution in [0.25, 0.3) is 0 Å². The van der Waals surface area contributed by atoms with Gasteiger partial charge in [0.1, 0.15) is 0 Å². The molecule has 2 aromatic rings.